The molecule has 2 heterocycles. The molecule has 2 aromatic heterocycles. The third kappa shape index (κ3) is 2.31. The highest BCUT2D eigenvalue weighted by molar-refractivity contribution is 6.31. The van der Waals surface area contributed by atoms with Crippen LogP contribution in [0.5, 0.6) is 0 Å². The van der Waals surface area contributed by atoms with Crippen molar-refractivity contribution in [3.8, 4) is 5.82 Å². The van der Waals surface area contributed by atoms with Gasteiger partial charge in [0, 0.05) is 12.0 Å². The van der Waals surface area contributed by atoms with E-state index in [0.29, 0.717) is 16.7 Å². The number of nitrogens with zero attached hydrogens (tertiary/aromatic N) is 4. The average Bonchev–Trinajstić information content (AvgIpc) is 2.64. The Labute approximate surface area is 111 Å². The molecule has 0 atom stereocenters. The zero-order chi connectivity index (χ0) is 13.3. The summed E-state index contributed by atoms with van der Waals surface area (Å²) in [4.78, 5) is 8.77. The summed E-state index contributed by atoms with van der Waals surface area (Å²) >= 11 is 6.01. The van der Waals surface area contributed by atoms with Gasteiger partial charge in [-0.2, -0.15) is 5.10 Å². The van der Waals surface area contributed by atoms with E-state index in [-0.39, 0.29) is 0 Å². The Balaban J connectivity index is 2.55. The van der Waals surface area contributed by atoms with Gasteiger partial charge in [-0.25, -0.2) is 14.6 Å². The van der Waals surface area contributed by atoms with E-state index in [2.05, 4.69) is 22.0 Å². The van der Waals surface area contributed by atoms with Crippen LogP contribution in [-0.4, -0.2) is 19.7 Å². The molecule has 0 spiro atoms. The molecule has 0 aliphatic heterocycles. The Morgan fingerprint density at radius 2 is 2.06 bits per heavy atom. The maximum absolute atomic E-state index is 6.01. The molecular weight excluding hydrogens is 250 g/mol. The lowest BCUT2D eigenvalue weighted by Crippen LogP contribution is -2.10. The van der Waals surface area contributed by atoms with Crippen molar-refractivity contribution in [2.75, 3.05) is 5.73 Å². The standard InChI is InChI=1S/C12H16ClN5/c1-4-5-10-15-11(14)7(2)12(16-10)18-6-9(13)8(3)17-18/h6H,4-5H2,1-3H3,(H2,14,15,16). The van der Waals surface area contributed by atoms with Crippen LogP contribution < -0.4 is 5.73 Å². The maximum atomic E-state index is 6.01. The fourth-order valence-corrected chi connectivity index (χ4v) is 1.80. The Kier molecular flexibility index (Phi) is 3.52. The highest BCUT2D eigenvalue weighted by Crippen LogP contribution is 2.20. The number of halogens is 1. The molecule has 96 valence electrons. The molecule has 6 heteroatoms. The van der Waals surface area contributed by atoms with Crippen molar-refractivity contribution in [1.29, 1.82) is 0 Å². The molecule has 0 aromatic carbocycles. The van der Waals surface area contributed by atoms with Crippen molar-refractivity contribution in [3.05, 3.63) is 28.3 Å². The van der Waals surface area contributed by atoms with Gasteiger partial charge in [-0.15, -0.1) is 0 Å². The lowest BCUT2D eigenvalue weighted by atomic mass is 10.2. The zero-order valence-electron chi connectivity index (χ0n) is 10.7. The van der Waals surface area contributed by atoms with E-state index in [0.717, 1.165) is 29.9 Å². The molecule has 0 saturated heterocycles. The van der Waals surface area contributed by atoms with Gasteiger partial charge >= 0.3 is 0 Å². The molecule has 0 radical (unpaired) electrons. The molecule has 0 fully saturated rings. The number of hydrogen-bond acceptors (Lipinski definition) is 4. The maximum Gasteiger partial charge on any atom is 0.162 e. The highest BCUT2D eigenvalue weighted by Gasteiger charge is 2.12. The first-order chi connectivity index (χ1) is 8.52. The van der Waals surface area contributed by atoms with Gasteiger partial charge in [0.05, 0.1) is 16.9 Å². The van der Waals surface area contributed by atoms with Crippen LogP contribution in [0.25, 0.3) is 5.82 Å². The summed E-state index contributed by atoms with van der Waals surface area (Å²) < 4.78 is 1.66. The number of nitrogens with two attached hydrogens (primary N) is 1. The Bertz CT molecular complexity index is 557. The molecule has 0 aliphatic rings. The van der Waals surface area contributed by atoms with Crippen LogP contribution in [0.3, 0.4) is 0 Å². The van der Waals surface area contributed by atoms with Crippen LogP contribution >= 0.6 is 11.6 Å². The third-order valence-corrected chi connectivity index (χ3v) is 3.10. The van der Waals surface area contributed by atoms with E-state index in [9.17, 15) is 0 Å². The van der Waals surface area contributed by atoms with Crippen molar-refractivity contribution >= 4 is 17.4 Å². The third-order valence-electron chi connectivity index (χ3n) is 2.73. The fraction of sp³-hybridized carbons (Fsp3) is 0.417. The van der Waals surface area contributed by atoms with Crippen molar-refractivity contribution in [3.63, 3.8) is 0 Å². The topological polar surface area (TPSA) is 69.6 Å². The summed E-state index contributed by atoms with van der Waals surface area (Å²) in [5.41, 5.74) is 7.49. The molecule has 5 nitrogen and oxygen atoms in total. The van der Waals surface area contributed by atoms with Crippen molar-refractivity contribution < 1.29 is 0 Å². The second-order valence-electron chi connectivity index (χ2n) is 4.23. The second kappa shape index (κ2) is 4.94. The van der Waals surface area contributed by atoms with E-state index < -0.39 is 0 Å². The quantitative estimate of drug-likeness (QED) is 0.926. The minimum absolute atomic E-state index is 0.493. The highest BCUT2D eigenvalue weighted by atomic mass is 35.5. The van der Waals surface area contributed by atoms with Crippen LogP contribution in [0.4, 0.5) is 5.82 Å². The van der Waals surface area contributed by atoms with E-state index in [1.54, 1.807) is 10.9 Å². The summed E-state index contributed by atoms with van der Waals surface area (Å²) in [5, 5.41) is 4.94. The van der Waals surface area contributed by atoms with E-state index in [4.69, 9.17) is 17.3 Å². The summed E-state index contributed by atoms with van der Waals surface area (Å²) in [5.74, 6) is 1.92. The molecule has 0 saturated carbocycles. The van der Waals surface area contributed by atoms with Gasteiger partial charge in [0.2, 0.25) is 0 Å². The largest absolute Gasteiger partial charge is 0.383 e. The fourth-order valence-electron chi connectivity index (χ4n) is 1.67. The van der Waals surface area contributed by atoms with Gasteiger partial charge in [0.15, 0.2) is 5.82 Å². The first-order valence-electron chi connectivity index (χ1n) is 5.88. The molecule has 0 unspecified atom stereocenters. The monoisotopic (exact) mass is 265 g/mol. The smallest absolute Gasteiger partial charge is 0.162 e. The van der Waals surface area contributed by atoms with E-state index in [1.807, 2.05) is 13.8 Å². The number of nitrogen functional groups attached to an aromatic ring is 1. The van der Waals surface area contributed by atoms with Gasteiger partial charge in [0.25, 0.3) is 0 Å². The number of anilines is 1. The van der Waals surface area contributed by atoms with Gasteiger partial charge in [-0.1, -0.05) is 18.5 Å². The van der Waals surface area contributed by atoms with Crippen LogP contribution in [0, 0.1) is 13.8 Å². The molecule has 2 rings (SSSR count). The summed E-state index contributed by atoms with van der Waals surface area (Å²) in [6.45, 7) is 5.81. The van der Waals surface area contributed by atoms with E-state index >= 15 is 0 Å². The minimum Gasteiger partial charge on any atom is -0.383 e. The zero-order valence-corrected chi connectivity index (χ0v) is 11.5. The van der Waals surface area contributed by atoms with Crippen molar-refractivity contribution in [2.45, 2.75) is 33.6 Å². The molecule has 18 heavy (non-hydrogen) atoms. The Morgan fingerprint density at radius 3 is 2.61 bits per heavy atom. The van der Waals surface area contributed by atoms with Gasteiger partial charge in [-0.05, 0) is 20.3 Å². The van der Waals surface area contributed by atoms with Crippen LogP contribution in [0.1, 0.15) is 30.4 Å². The number of aromatic nitrogens is 4. The molecular formula is C12H16ClN5. The minimum atomic E-state index is 0.493. The van der Waals surface area contributed by atoms with Crippen molar-refractivity contribution in [2.24, 2.45) is 0 Å². The first-order valence-corrected chi connectivity index (χ1v) is 6.25. The van der Waals surface area contributed by atoms with Gasteiger partial charge < -0.3 is 5.73 Å². The number of hydrogen-bond donors (Lipinski definition) is 1. The van der Waals surface area contributed by atoms with Gasteiger partial charge in [0.1, 0.15) is 11.6 Å². The lowest BCUT2D eigenvalue weighted by Gasteiger charge is -2.09. The van der Waals surface area contributed by atoms with Gasteiger partial charge in [-0.3, -0.25) is 0 Å². The first kappa shape index (κ1) is 12.8. The summed E-state index contributed by atoms with van der Waals surface area (Å²) in [7, 11) is 0. The SMILES string of the molecule is CCCc1nc(N)c(C)c(-n2cc(Cl)c(C)n2)n1. The second-order valence-corrected chi connectivity index (χ2v) is 4.64. The number of rotatable bonds is 3. The normalized spacial score (nSPS) is 10.9. The summed E-state index contributed by atoms with van der Waals surface area (Å²) in [6.07, 6.45) is 3.51. The van der Waals surface area contributed by atoms with Crippen LogP contribution in [-0.2, 0) is 6.42 Å². The Morgan fingerprint density at radius 1 is 1.33 bits per heavy atom. The van der Waals surface area contributed by atoms with Crippen molar-refractivity contribution in [1.82, 2.24) is 19.7 Å². The van der Waals surface area contributed by atoms with Crippen LogP contribution in [0.2, 0.25) is 5.02 Å². The lowest BCUT2D eigenvalue weighted by molar-refractivity contribution is 0.774. The molecule has 0 amide bonds. The van der Waals surface area contributed by atoms with Crippen LogP contribution in [0.15, 0.2) is 6.20 Å². The summed E-state index contributed by atoms with van der Waals surface area (Å²) in [6, 6.07) is 0. The predicted molar refractivity (Wildman–Crippen MR) is 72.0 cm³/mol. The Hall–Kier alpha value is -1.62. The number of aryl methyl sites for hydroxylation is 2. The van der Waals surface area contributed by atoms with E-state index in [1.165, 1.54) is 0 Å². The molecule has 2 N–H and O–H groups in total. The molecule has 2 aromatic rings. The average molecular weight is 266 g/mol. The molecule has 0 aliphatic carbocycles. The molecule has 0 bridgehead atoms. The predicted octanol–water partition coefficient (Wildman–Crippen LogP) is 2.47.